The van der Waals surface area contributed by atoms with Gasteiger partial charge in [-0.1, -0.05) is 73.4 Å². The molecule has 0 unspecified atom stereocenters. The van der Waals surface area contributed by atoms with Gasteiger partial charge >= 0.3 is 11.7 Å². The monoisotopic (exact) mass is 449 g/mol. The van der Waals surface area contributed by atoms with Gasteiger partial charge in [-0.3, -0.25) is 0 Å². The fourth-order valence-corrected chi connectivity index (χ4v) is 4.06. The average molecular weight is 450 g/mol. The summed E-state index contributed by atoms with van der Waals surface area (Å²) < 4.78 is 5.78. The van der Waals surface area contributed by atoms with E-state index in [4.69, 9.17) is 10.2 Å². The highest BCUT2D eigenvalue weighted by atomic mass is 16.5. The van der Waals surface area contributed by atoms with Crippen LogP contribution in [0.25, 0.3) is 22.5 Å². The SMILES string of the molecule is COCC(=O)O.Cc1cccc(-c2nc(=O)n(CC3CCCCC3)nc2-c2ccccc2)c1. The van der Waals surface area contributed by atoms with Crippen LogP contribution in [0.3, 0.4) is 0 Å². The van der Waals surface area contributed by atoms with Crippen LogP contribution in [0.1, 0.15) is 37.7 Å². The molecule has 1 aliphatic carbocycles. The molecule has 3 aromatic rings. The Morgan fingerprint density at radius 2 is 1.73 bits per heavy atom. The fourth-order valence-electron chi connectivity index (χ4n) is 4.06. The van der Waals surface area contributed by atoms with Gasteiger partial charge in [0.2, 0.25) is 0 Å². The Morgan fingerprint density at radius 1 is 1.03 bits per heavy atom. The predicted octanol–water partition coefficient (Wildman–Crippen LogP) is 4.58. The minimum Gasteiger partial charge on any atom is -0.480 e. The quantitative estimate of drug-likeness (QED) is 0.592. The summed E-state index contributed by atoms with van der Waals surface area (Å²) in [5.41, 5.74) is 4.24. The lowest BCUT2D eigenvalue weighted by atomic mass is 9.89. The number of carbonyl (C=O) groups is 1. The first kappa shape index (κ1) is 24.3. The molecule has 0 spiro atoms. The summed E-state index contributed by atoms with van der Waals surface area (Å²) >= 11 is 0. The number of hydrogen-bond donors (Lipinski definition) is 1. The van der Waals surface area contributed by atoms with Gasteiger partial charge in [-0.25, -0.2) is 14.3 Å². The van der Waals surface area contributed by atoms with Gasteiger partial charge in [-0.05, 0) is 31.7 Å². The van der Waals surface area contributed by atoms with E-state index in [-0.39, 0.29) is 12.3 Å². The minimum atomic E-state index is -0.933. The number of carboxylic acid groups (broad SMARTS) is 1. The molecule has 1 aliphatic rings. The van der Waals surface area contributed by atoms with Crippen LogP contribution in [0, 0.1) is 12.8 Å². The number of ether oxygens (including phenoxy) is 1. The van der Waals surface area contributed by atoms with Crippen LogP contribution in [-0.4, -0.2) is 39.6 Å². The van der Waals surface area contributed by atoms with E-state index in [1.54, 1.807) is 4.68 Å². The van der Waals surface area contributed by atoms with Crippen molar-refractivity contribution in [3.8, 4) is 22.5 Å². The molecule has 174 valence electrons. The van der Waals surface area contributed by atoms with Crippen LogP contribution in [-0.2, 0) is 16.1 Å². The average Bonchev–Trinajstić information content (AvgIpc) is 2.82. The van der Waals surface area contributed by atoms with Crippen LogP contribution in [0.5, 0.6) is 0 Å². The Bertz CT molecular complexity index is 1110. The van der Waals surface area contributed by atoms with Crippen LogP contribution in [0.15, 0.2) is 59.4 Å². The number of methoxy groups -OCH3 is 1. The van der Waals surface area contributed by atoms with Gasteiger partial charge in [0.15, 0.2) is 0 Å². The number of benzene rings is 2. The molecular formula is C26H31N3O4. The number of aryl methyl sites for hydroxylation is 1. The zero-order valence-corrected chi connectivity index (χ0v) is 19.2. The van der Waals surface area contributed by atoms with E-state index >= 15 is 0 Å². The van der Waals surface area contributed by atoms with Gasteiger partial charge in [0.25, 0.3) is 0 Å². The van der Waals surface area contributed by atoms with Crippen molar-refractivity contribution in [1.82, 2.24) is 14.8 Å². The van der Waals surface area contributed by atoms with Crippen LogP contribution >= 0.6 is 0 Å². The Labute approximate surface area is 194 Å². The number of aliphatic carboxylic acids is 1. The minimum absolute atomic E-state index is 0.208. The molecule has 0 radical (unpaired) electrons. The van der Waals surface area contributed by atoms with E-state index in [2.05, 4.69) is 15.8 Å². The van der Waals surface area contributed by atoms with Crippen LogP contribution in [0.4, 0.5) is 0 Å². The Morgan fingerprint density at radius 3 is 2.33 bits per heavy atom. The van der Waals surface area contributed by atoms with Gasteiger partial charge in [0, 0.05) is 24.8 Å². The van der Waals surface area contributed by atoms with Gasteiger partial charge < -0.3 is 9.84 Å². The summed E-state index contributed by atoms with van der Waals surface area (Å²) in [5, 5.41) is 12.6. The first-order chi connectivity index (χ1) is 16.0. The largest absolute Gasteiger partial charge is 0.480 e. The van der Waals surface area contributed by atoms with Gasteiger partial charge in [0.1, 0.15) is 18.0 Å². The van der Waals surface area contributed by atoms with Crippen molar-refractivity contribution >= 4 is 5.97 Å². The van der Waals surface area contributed by atoms with E-state index in [1.807, 2.05) is 55.5 Å². The van der Waals surface area contributed by atoms with Crippen molar-refractivity contribution in [1.29, 1.82) is 0 Å². The zero-order chi connectivity index (χ0) is 23.6. The maximum absolute atomic E-state index is 12.7. The molecule has 0 bridgehead atoms. The summed E-state index contributed by atoms with van der Waals surface area (Å²) in [4.78, 5) is 26.7. The number of aromatic nitrogens is 3. The fraction of sp³-hybridized carbons (Fsp3) is 0.385. The van der Waals surface area contributed by atoms with E-state index in [0.717, 1.165) is 22.4 Å². The standard InChI is InChI=1S/C23H25N3O.C3H6O3/c1-17-9-8-14-20(15-17)21-22(19-12-6-3-7-13-19)25-26(23(27)24-21)16-18-10-4-2-5-11-18;1-6-2-3(4)5/h3,6-9,12-15,18H,2,4-5,10-11,16H2,1H3;2H2,1H3,(H,4,5). The lowest BCUT2D eigenvalue weighted by molar-refractivity contribution is -0.141. The lowest BCUT2D eigenvalue weighted by Gasteiger charge is -2.22. The molecule has 0 amide bonds. The van der Waals surface area contributed by atoms with E-state index in [0.29, 0.717) is 18.2 Å². The summed E-state index contributed by atoms with van der Waals surface area (Å²) in [6, 6.07) is 18.1. The molecular weight excluding hydrogens is 418 g/mol. The highest BCUT2D eigenvalue weighted by Gasteiger charge is 2.19. The molecule has 0 aliphatic heterocycles. The maximum Gasteiger partial charge on any atom is 0.364 e. The van der Waals surface area contributed by atoms with E-state index in [9.17, 15) is 9.59 Å². The summed E-state index contributed by atoms with van der Waals surface area (Å²) in [6.07, 6.45) is 6.15. The molecule has 2 aromatic carbocycles. The molecule has 7 nitrogen and oxygen atoms in total. The third-order valence-corrected chi connectivity index (χ3v) is 5.64. The first-order valence-electron chi connectivity index (χ1n) is 11.3. The van der Waals surface area contributed by atoms with Crippen molar-refractivity contribution in [3.63, 3.8) is 0 Å². The molecule has 1 N–H and O–H groups in total. The number of rotatable bonds is 6. The highest BCUT2D eigenvalue weighted by molar-refractivity contribution is 5.77. The summed E-state index contributed by atoms with van der Waals surface area (Å²) in [7, 11) is 1.34. The van der Waals surface area contributed by atoms with Crippen LogP contribution < -0.4 is 5.69 Å². The Kier molecular flexibility index (Phi) is 8.89. The molecule has 1 heterocycles. The maximum atomic E-state index is 12.7. The third kappa shape index (κ3) is 7.08. The lowest BCUT2D eigenvalue weighted by Crippen LogP contribution is -2.30. The second-order valence-electron chi connectivity index (χ2n) is 8.34. The number of nitrogens with zero attached hydrogens (tertiary/aromatic N) is 3. The second-order valence-corrected chi connectivity index (χ2v) is 8.34. The normalized spacial score (nSPS) is 13.8. The highest BCUT2D eigenvalue weighted by Crippen LogP contribution is 2.29. The molecule has 1 fully saturated rings. The molecule has 1 saturated carbocycles. The van der Waals surface area contributed by atoms with Gasteiger partial charge in [0.05, 0.1) is 0 Å². The molecule has 7 heteroatoms. The van der Waals surface area contributed by atoms with Crippen LogP contribution in [0.2, 0.25) is 0 Å². The topological polar surface area (TPSA) is 94.3 Å². The van der Waals surface area contributed by atoms with E-state index in [1.165, 1.54) is 39.2 Å². The predicted molar refractivity (Wildman–Crippen MR) is 128 cm³/mol. The smallest absolute Gasteiger partial charge is 0.364 e. The summed E-state index contributed by atoms with van der Waals surface area (Å²) in [5.74, 6) is -0.406. The molecule has 0 atom stereocenters. The van der Waals surface area contributed by atoms with Crippen molar-refractivity contribution in [3.05, 3.63) is 70.6 Å². The van der Waals surface area contributed by atoms with Crippen molar-refractivity contribution in [2.45, 2.75) is 45.6 Å². The molecule has 0 saturated heterocycles. The molecule has 4 rings (SSSR count). The Hall–Kier alpha value is -3.32. The van der Waals surface area contributed by atoms with Crippen molar-refractivity contribution < 1.29 is 14.6 Å². The summed E-state index contributed by atoms with van der Waals surface area (Å²) in [6.45, 7) is 2.50. The second kappa shape index (κ2) is 12.1. The van der Waals surface area contributed by atoms with E-state index < -0.39 is 5.97 Å². The molecule has 1 aromatic heterocycles. The van der Waals surface area contributed by atoms with Crippen molar-refractivity contribution in [2.75, 3.05) is 13.7 Å². The van der Waals surface area contributed by atoms with Crippen molar-refractivity contribution in [2.24, 2.45) is 5.92 Å². The van der Waals surface area contributed by atoms with Gasteiger partial charge in [-0.2, -0.15) is 10.1 Å². The number of carboxylic acids is 1. The zero-order valence-electron chi connectivity index (χ0n) is 19.2. The first-order valence-corrected chi connectivity index (χ1v) is 11.3. The molecule has 33 heavy (non-hydrogen) atoms. The van der Waals surface area contributed by atoms with Gasteiger partial charge in [-0.15, -0.1) is 0 Å². The third-order valence-electron chi connectivity index (χ3n) is 5.64. The Balaban J connectivity index is 0.000000454. The number of hydrogen-bond acceptors (Lipinski definition) is 5.